The predicted octanol–water partition coefficient (Wildman–Crippen LogP) is 4.44. The van der Waals surface area contributed by atoms with E-state index in [0.29, 0.717) is 5.69 Å². The zero-order chi connectivity index (χ0) is 11.5. The Morgan fingerprint density at radius 1 is 1.33 bits per heavy atom. The minimum Gasteiger partial charge on any atom is -0.383 e. The summed E-state index contributed by atoms with van der Waals surface area (Å²) >= 11 is 3.32. The van der Waals surface area contributed by atoms with Crippen molar-refractivity contribution in [2.75, 3.05) is 11.9 Å². The van der Waals surface area contributed by atoms with Gasteiger partial charge in [0.05, 0.1) is 5.69 Å². The van der Waals surface area contributed by atoms with E-state index in [0.717, 1.165) is 17.4 Å². The second kappa shape index (κ2) is 4.97. The van der Waals surface area contributed by atoms with Crippen LogP contribution < -0.4 is 5.32 Å². The number of rotatable bonds is 3. The van der Waals surface area contributed by atoms with Gasteiger partial charge in [-0.05, 0) is 30.0 Å². The molecule has 0 spiro atoms. The van der Waals surface area contributed by atoms with Crippen LogP contribution in [0, 0.1) is 11.2 Å². The van der Waals surface area contributed by atoms with Gasteiger partial charge in [-0.3, -0.25) is 0 Å². The lowest BCUT2D eigenvalue weighted by atomic mass is 9.92. The van der Waals surface area contributed by atoms with Crippen molar-refractivity contribution in [2.24, 2.45) is 5.41 Å². The lowest BCUT2D eigenvalue weighted by Crippen LogP contribution is -2.13. The molecule has 0 unspecified atom stereocenters. The third-order valence-electron chi connectivity index (χ3n) is 2.12. The van der Waals surface area contributed by atoms with Crippen molar-refractivity contribution in [3.63, 3.8) is 0 Å². The van der Waals surface area contributed by atoms with Crippen LogP contribution in [0.2, 0.25) is 0 Å². The number of benzene rings is 1. The van der Waals surface area contributed by atoms with Crippen molar-refractivity contribution >= 4 is 21.6 Å². The molecule has 0 aliphatic carbocycles. The predicted molar refractivity (Wildman–Crippen MR) is 66.7 cm³/mol. The summed E-state index contributed by atoms with van der Waals surface area (Å²) < 4.78 is 14.2. The molecule has 0 aliphatic heterocycles. The summed E-state index contributed by atoms with van der Waals surface area (Å²) in [5.74, 6) is -0.202. The highest BCUT2D eigenvalue weighted by molar-refractivity contribution is 9.10. The molecular formula is C12H17BrFN. The Labute approximate surface area is 99.2 Å². The topological polar surface area (TPSA) is 12.0 Å². The van der Waals surface area contributed by atoms with Crippen LogP contribution >= 0.6 is 15.9 Å². The SMILES string of the molecule is CC(C)(C)CCNc1cc(Br)ccc1F. The summed E-state index contributed by atoms with van der Waals surface area (Å²) in [6.07, 6.45) is 1.01. The lowest BCUT2D eigenvalue weighted by Gasteiger charge is -2.18. The number of hydrogen-bond donors (Lipinski definition) is 1. The van der Waals surface area contributed by atoms with Gasteiger partial charge in [-0.1, -0.05) is 36.7 Å². The molecule has 1 aromatic carbocycles. The van der Waals surface area contributed by atoms with E-state index < -0.39 is 0 Å². The van der Waals surface area contributed by atoms with Gasteiger partial charge in [-0.15, -0.1) is 0 Å². The largest absolute Gasteiger partial charge is 0.383 e. The van der Waals surface area contributed by atoms with E-state index in [1.807, 2.05) is 0 Å². The summed E-state index contributed by atoms with van der Waals surface area (Å²) in [5.41, 5.74) is 0.837. The summed E-state index contributed by atoms with van der Waals surface area (Å²) in [6, 6.07) is 4.92. The average molecular weight is 274 g/mol. The maximum atomic E-state index is 13.3. The van der Waals surface area contributed by atoms with Crippen LogP contribution in [0.15, 0.2) is 22.7 Å². The number of hydrogen-bond acceptors (Lipinski definition) is 1. The number of anilines is 1. The molecule has 1 aromatic rings. The Morgan fingerprint density at radius 2 is 2.00 bits per heavy atom. The van der Waals surface area contributed by atoms with E-state index in [9.17, 15) is 4.39 Å². The Bertz CT molecular complexity index is 331. The Hall–Kier alpha value is -0.570. The Morgan fingerprint density at radius 3 is 2.60 bits per heavy atom. The van der Waals surface area contributed by atoms with Crippen molar-refractivity contribution < 1.29 is 4.39 Å². The molecule has 1 nitrogen and oxygen atoms in total. The van der Waals surface area contributed by atoms with Crippen LogP contribution in [-0.4, -0.2) is 6.54 Å². The smallest absolute Gasteiger partial charge is 0.146 e. The van der Waals surface area contributed by atoms with Gasteiger partial charge >= 0.3 is 0 Å². The molecule has 15 heavy (non-hydrogen) atoms. The van der Waals surface area contributed by atoms with Crippen molar-refractivity contribution in [1.29, 1.82) is 0 Å². The van der Waals surface area contributed by atoms with Crippen molar-refractivity contribution in [3.05, 3.63) is 28.5 Å². The van der Waals surface area contributed by atoms with Gasteiger partial charge in [0, 0.05) is 11.0 Å². The van der Waals surface area contributed by atoms with Crippen LogP contribution in [0.25, 0.3) is 0 Å². The molecule has 0 saturated heterocycles. The van der Waals surface area contributed by atoms with Crippen LogP contribution in [-0.2, 0) is 0 Å². The fourth-order valence-corrected chi connectivity index (χ4v) is 1.57. The van der Waals surface area contributed by atoms with Gasteiger partial charge in [0.1, 0.15) is 5.82 Å². The minimum absolute atomic E-state index is 0.202. The van der Waals surface area contributed by atoms with Gasteiger partial charge in [0.2, 0.25) is 0 Å². The highest BCUT2D eigenvalue weighted by Crippen LogP contribution is 2.22. The first-order valence-electron chi connectivity index (χ1n) is 5.07. The van der Waals surface area contributed by atoms with E-state index in [4.69, 9.17) is 0 Å². The molecule has 0 bridgehead atoms. The first-order valence-corrected chi connectivity index (χ1v) is 5.87. The molecule has 0 saturated carbocycles. The maximum absolute atomic E-state index is 13.3. The van der Waals surface area contributed by atoms with Crippen LogP contribution in [0.5, 0.6) is 0 Å². The second-order valence-corrected chi connectivity index (χ2v) is 5.78. The molecule has 0 atom stereocenters. The highest BCUT2D eigenvalue weighted by Gasteiger charge is 2.10. The van der Waals surface area contributed by atoms with Gasteiger partial charge in [-0.25, -0.2) is 4.39 Å². The molecule has 0 heterocycles. The third-order valence-corrected chi connectivity index (χ3v) is 2.61. The molecule has 0 radical (unpaired) electrons. The summed E-state index contributed by atoms with van der Waals surface area (Å²) in [6.45, 7) is 7.31. The summed E-state index contributed by atoms with van der Waals surface area (Å²) in [7, 11) is 0. The Balaban J connectivity index is 2.54. The zero-order valence-corrected chi connectivity index (χ0v) is 11.0. The average Bonchev–Trinajstić information content (AvgIpc) is 2.09. The van der Waals surface area contributed by atoms with Gasteiger partial charge in [0.25, 0.3) is 0 Å². The normalized spacial score (nSPS) is 11.5. The Kier molecular flexibility index (Phi) is 4.14. The fraction of sp³-hybridized carbons (Fsp3) is 0.500. The van der Waals surface area contributed by atoms with E-state index in [1.165, 1.54) is 6.07 Å². The second-order valence-electron chi connectivity index (χ2n) is 4.86. The van der Waals surface area contributed by atoms with Crippen molar-refractivity contribution in [2.45, 2.75) is 27.2 Å². The molecule has 0 fully saturated rings. The van der Waals surface area contributed by atoms with Gasteiger partial charge < -0.3 is 5.32 Å². The first kappa shape index (κ1) is 12.5. The van der Waals surface area contributed by atoms with E-state index in [1.54, 1.807) is 12.1 Å². The quantitative estimate of drug-likeness (QED) is 0.859. The van der Waals surface area contributed by atoms with Crippen molar-refractivity contribution in [1.82, 2.24) is 0 Å². The van der Waals surface area contributed by atoms with E-state index >= 15 is 0 Å². The third kappa shape index (κ3) is 4.65. The van der Waals surface area contributed by atoms with Crippen LogP contribution in [0.4, 0.5) is 10.1 Å². The fourth-order valence-electron chi connectivity index (χ4n) is 1.21. The van der Waals surface area contributed by atoms with Crippen molar-refractivity contribution in [3.8, 4) is 0 Å². The standard InChI is InChI=1S/C12H17BrFN/c1-12(2,3)6-7-15-11-8-9(13)4-5-10(11)14/h4-5,8,15H,6-7H2,1-3H3. The summed E-state index contributed by atoms with van der Waals surface area (Å²) in [4.78, 5) is 0. The monoisotopic (exact) mass is 273 g/mol. The van der Waals surface area contributed by atoms with Gasteiger partial charge in [-0.2, -0.15) is 0 Å². The highest BCUT2D eigenvalue weighted by atomic mass is 79.9. The molecule has 0 aromatic heterocycles. The van der Waals surface area contributed by atoms with Crippen LogP contribution in [0.3, 0.4) is 0 Å². The molecule has 84 valence electrons. The molecule has 1 rings (SSSR count). The van der Waals surface area contributed by atoms with Gasteiger partial charge in [0.15, 0.2) is 0 Å². The van der Waals surface area contributed by atoms with E-state index in [-0.39, 0.29) is 11.2 Å². The molecule has 0 aliphatic rings. The van der Waals surface area contributed by atoms with E-state index in [2.05, 4.69) is 42.0 Å². The molecule has 0 amide bonds. The first-order chi connectivity index (χ1) is 6.88. The number of nitrogens with one attached hydrogen (secondary N) is 1. The maximum Gasteiger partial charge on any atom is 0.146 e. The number of halogens is 2. The lowest BCUT2D eigenvalue weighted by molar-refractivity contribution is 0.389. The minimum atomic E-state index is -0.202. The summed E-state index contributed by atoms with van der Waals surface area (Å²) in [5, 5.41) is 3.11. The molecule has 3 heteroatoms. The van der Waals surface area contributed by atoms with Crippen LogP contribution in [0.1, 0.15) is 27.2 Å². The molecular weight excluding hydrogens is 257 g/mol. The zero-order valence-electron chi connectivity index (χ0n) is 9.40. The molecule has 1 N–H and O–H groups in total.